The van der Waals surface area contributed by atoms with Gasteiger partial charge in [0.2, 0.25) is 11.2 Å². The van der Waals surface area contributed by atoms with Crippen LogP contribution >= 0.6 is 11.6 Å². The molecular weight excluding hydrogens is 350 g/mol. The molecular formula is C16H18ClN3O5. The van der Waals surface area contributed by atoms with E-state index in [1.807, 2.05) is 30.3 Å². The van der Waals surface area contributed by atoms with Crippen LogP contribution in [0.15, 0.2) is 36.5 Å². The minimum absolute atomic E-state index is 0.0400. The van der Waals surface area contributed by atoms with E-state index in [9.17, 15) is 15.0 Å². The molecule has 0 radical (unpaired) electrons. The minimum atomic E-state index is -1.37. The summed E-state index contributed by atoms with van der Waals surface area (Å²) in [6.45, 7) is -0.134. The number of aliphatic hydroxyl groups is 2. The van der Waals surface area contributed by atoms with Crippen molar-refractivity contribution in [2.75, 3.05) is 13.7 Å². The Morgan fingerprint density at radius 1 is 1.32 bits per heavy atom. The summed E-state index contributed by atoms with van der Waals surface area (Å²) in [5.41, 5.74) is 0.986. The number of rotatable bonds is 7. The van der Waals surface area contributed by atoms with E-state index in [1.54, 1.807) is 0 Å². The Balaban J connectivity index is 1.84. The second-order valence-corrected chi connectivity index (χ2v) is 5.40. The minimum Gasteiger partial charge on any atom is -0.481 e. The molecule has 2 unspecified atom stereocenters. The quantitative estimate of drug-likeness (QED) is 0.635. The molecule has 0 spiro atoms. The predicted molar refractivity (Wildman–Crippen MR) is 89.2 cm³/mol. The largest absolute Gasteiger partial charge is 0.481 e. The number of carbonyl (C=O) groups is 1. The van der Waals surface area contributed by atoms with Crippen LogP contribution in [-0.4, -0.2) is 46.0 Å². The highest BCUT2D eigenvalue weighted by Crippen LogP contribution is 2.25. The van der Waals surface area contributed by atoms with Crippen LogP contribution in [0.1, 0.15) is 17.2 Å². The van der Waals surface area contributed by atoms with Gasteiger partial charge >= 0.3 is 6.09 Å². The summed E-state index contributed by atoms with van der Waals surface area (Å²) in [6, 6.07) is 9.16. The van der Waals surface area contributed by atoms with E-state index >= 15 is 0 Å². The number of benzene rings is 1. The molecule has 0 fully saturated rings. The topological polar surface area (TPSA) is 114 Å². The number of nitrogens with one attached hydrogen (secondary N) is 1. The molecule has 134 valence electrons. The first-order valence-corrected chi connectivity index (χ1v) is 7.76. The molecule has 1 amide bonds. The van der Waals surface area contributed by atoms with Crippen molar-refractivity contribution in [1.82, 2.24) is 15.3 Å². The fourth-order valence-corrected chi connectivity index (χ4v) is 2.13. The number of hydrogen-bond acceptors (Lipinski definition) is 7. The molecule has 0 saturated heterocycles. The summed E-state index contributed by atoms with van der Waals surface area (Å²) >= 11 is 5.65. The lowest BCUT2D eigenvalue weighted by atomic mass is 10.1. The van der Waals surface area contributed by atoms with Crippen LogP contribution in [0.25, 0.3) is 0 Å². The van der Waals surface area contributed by atoms with Gasteiger partial charge in [-0.3, -0.25) is 0 Å². The highest BCUT2D eigenvalue weighted by molar-refractivity contribution is 6.28. The number of aromatic nitrogens is 2. The summed E-state index contributed by atoms with van der Waals surface area (Å²) in [5.74, 6) is 0.0400. The average molecular weight is 368 g/mol. The first-order chi connectivity index (χ1) is 12.0. The molecule has 2 rings (SSSR count). The molecule has 2 atom stereocenters. The maximum Gasteiger partial charge on any atom is 0.407 e. The summed E-state index contributed by atoms with van der Waals surface area (Å²) in [6.07, 6.45) is -2.16. The van der Waals surface area contributed by atoms with Crippen molar-refractivity contribution in [1.29, 1.82) is 0 Å². The highest BCUT2D eigenvalue weighted by Gasteiger charge is 2.24. The van der Waals surface area contributed by atoms with Gasteiger partial charge in [-0.2, -0.15) is 4.98 Å². The first kappa shape index (κ1) is 18.9. The van der Waals surface area contributed by atoms with Gasteiger partial charge in [0.1, 0.15) is 18.8 Å². The Hall–Kier alpha value is -2.42. The second kappa shape index (κ2) is 9.16. The van der Waals surface area contributed by atoms with Gasteiger partial charge in [-0.15, -0.1) is 0 Å². The van der Waals surface area contributed by atoms with E-state index in [0.717, 1.165) is 5.56 Å². The molecule has 0 aliphatic heterocycles. The van der Waals surface area contributed by atoms with Crippen molar-refractivity contribution >= 4 is 17.7 Å². The third-order valence-corrected chi connectivity index (χ3v) is 3.48. The zero-order chi connectivity index (χ0) is 18.2. The third-order valence-electron chi connectivity index (χ3n) is 3.30. The van der Waals surface area contributed by atoms with E-state index in [-0.39, 0.29) is 29.9 Å². The molecule has 0 saturated carbocycles. The molecule has 1 aromatic heterocycles. The van der Waals surface area contributed by atoms with Crippen molar-refractivity contribution in [3.05, 3.63) is 52.9 Å². The van der Waals surface area contributed by atoms with Crippen LogP contribution in [0, 0.1) is 0 Å². The van der Waals surface area contributed by atoms with Crippen LogP contribution < -0.4 is 10.1 Å². The van der Waals surface area contributed by atoms with Crippen molar-refractivity contribution in [2.24, 2.45) is 0 Å². The number of carbonyl (C=O) groups excluding carboxylic acids is 1. The summed E-state index contributed by atoms with van der Waals surface area (Å²) in [7, 11) is 1.35. The van der Waals surface area contributed by atoms with Gasteiger partial charge in [-0.1, -0.05) is 30.3 Å². The third kappa shape index (κ3) is 5.56. The van der Waals surface area contributed by atoms with Gasteiger partial charge in [0.15, 0.2) is 0 Å². The molecule has 8 nitrogen and oxygen atoms in total. The Morgan fingerprint density at radius 2 is 2.04 bits per heavy atom. The van der Waals surface area contributed by atoms with Gasteiger partial charge in [0.05, 0.1) is 12.7 Å². The Kier molecular flexibility index (Phi) is 6.93. The molecule has 0 bridgehead atoms. The number of nitrogens with zero attached hydrogens (tertiary/aromatic N) is 2. The monoisotopic (exact) mass is 367 g/mol. The maximum absolute atomic E-state index is 11.7. The lowest BCUT2D eigenvalue weighted by Gasteiger charge is -2.19. The Bertz CT molecular complexity index is 701. The van der Waals surface area contributed by atoms with Gasteiger partial charge in [0.25, 0.3) is 0 Å². The number of hydrogen-bond donors (Lipinski definition) is 3. The molecule has 0 aliphatic rings. The van der Waals surface area contributed by atoms with Crippen LogP contribution in [0.2, 0.25) is 5.28 Å². The standard InChI is InChI=1S/C16H18ClN3O5/c1-24-14-11(7-18-15(17)20-14)13(22)12(21)8-19-16(23)25-9-10-5-3-2-4-6-10/h2-7,12-13,21-22H,8-9H2,1H3,(H,19,23). The smallest absolute Gasteiger partial charge is 0.407 e. The SMILES string of the molecule is COc1nc(Cl)ncc1C(O)C(O)CNC(=O)OCc1ccccc1. The Labute approximate surface area is 149 Å². The summed E-state index contributed by atoms with van der Waals surface area (Å²) in [4.78, 5) is 19.2. The van der Waals surface area contributed by atoms with Gasteiger partial charge in [-0.05, 0) is 17.2 Å². The maximum atomic E-state index is 11.7. The molecule has 25 heavy (non-hydrogen) atoms. The lowest BCUT2D eigenvalue weighted by Crippen LogP contribution is -2.36. The molecule has 1 heterocycles. The van der Waals surface area contributed by atoms with Crippen LogP contribution in [0.4, 0.5) is 4.79 Å². The number of amides is 1. The van der Waals surface area contributed by atoms with Crippen molar-refractivity contribution in [3.8, 4) is 5.88 Å². The van der Waals surface area contributed by atoms with Crippen molar-refractivity contribution in [3.63, 3.8) is 0 Å². The predicted octanol–water partition coefficient (Wildman–Crippen LogP) is 1.46. The zero-order valence-electron chi connectivity index (χ0n) is 13.4. The normalized spacial score (nSPS) is 13.0. The van der Waals surface area contributed by atoms with Gasteiger partial charge in [-0.25, -0.2) is 9.78 Å². The number of ether oxygens (including phenoxy) is 2. The summed E-state index contributed by atoms with van der Waals surface area (Å²) in [5, 5.41) is 22.5. The number of alkyl carbamates (subject to hydrolysis) is 1. The lowest BCUT2D eigenvalue weighted by molar-refractivity contribution is 0.0165. The van der Waals surface area contributed by atoms with E-state index < -0.39 is 18.3 Å². The van der Waals surface area contributed by atoms with E-state index in [2.05, 4.69) is 15.3 Å². The van der Waals surface area contributed by atoms with Gasteiger partial charge < -0.3 is 25.0 Å². The fourth-order valence-electron chi connectivity index (χ4n) is 2.00. The molecule has 9 heteroatoms. The van der Waals surface area contributed by atoms with Crippen molar-refractivity contribution < 1.29 is 24.5 Å². The Morgan fingerprint density at radius 3 is 2.72 bits per heavy atom. The van der Waals surface area contributed by atoms with Crippen LogP contribution in [-0.2, 0) is 11.3 Å². The first-order valence-electron chi connectivity index (χ1n) is 7.38. The average Bonchev–Trinajstić information content (AvgIpc) is 2.64. The second-order valence-electron chi connectivity index (χ2n) is 5.06. The zero-order valence-corrected chi connectivity index (χ0v) is 14.2. The van der Waals surface area contributed by atoms with Crippen LogP contribution in [0.3, 0.4) is 0 Å². The fraction of sp³-hybridized carbons (Fsp3) is 0.312. The van der Waals surface area contributed by atoms with Crippen LogP contribution in [0.5, 0.6) is 5.88 Å². The van der Waals surface area contributed by atoms with E-state index in [4.69, 9.17) is 21.1 Å². The molecule has 3 N–H and O–H groups in total. The summed E-state index contributed by atoms with van der Waals surface area (Å²) < 4.78 is 10.0. The number of halogens is 1. The van der Waals surface area contributed by atoms with Gasteiger partial charge in [0, 0.05) is 12.7 Å². The van der Waals surface area contributed by atoms with Crippen molar-refractivity contribution in [2.45, 2.75) is 18.8 Å². The molecule has 0 aliphatic carbocycles. The number of aliphatic hydroxyl groups excluding tert-OH is 2. The highest BCUT2D eigenvalue weighted by atomic mass is 35.5. The molecule has 2 aromatic rings. The number of methoxy groups -OCH3 is 1. The van der Waals surface area contributed by atoms with E-state index in [1.165, 1.54) is 13.3 Å². The van der Waals surface area contributed by atoms with E-state index in [0.29, 0.717) is 0 Å². The molecule has 1 aromatic carbocycles.